The lowest BCUT2D eigenvalue weighted by molar-refractivity contribution is -0.118. The van der Waals surface area contributed by atoms with Gasteiger partial charge in [-0.15, -0.1) is 10.2 Å². The second-order valence-electron chi connectivity index (χ2n) is 6.98. The Balaban J connectivity index is 1.49. The van der Waals surface area contributed by atoms with Gasteiger partial charge < -0.3 is 0 Å². The molecule has 0 aliphatic carbocycles. The molecule has 0 saturated carbocycles. The number of aryl methyl sites for hydroxylation is 1. The standard InChI is InChI=1S/C24H20ClN5OS/c1-17-7-9-18(10-8-17)15-26-27-22(31)16-32-24-29-28-23(19-5-3-2-4-6-19)30(24)21-13-11-20(25)12-14-21/h2-15H,16H2,1H3,(H,27,31)/b26-15+. The minimum absolute atomic E-state index is 0.145. The van der Waals surface area contributed by atoms with E-state index in [1.165, 1.54) is 17.3 Å². The van der Waals surface area contributed by atoms with Crippen LogP contribution in [0.25, 0.3) is 17.1 Å². The van der Waals surface area contributed by atoms with E-state index in [0.717, 1.165) is 16.8 Å². The predicted molar refractivity (Wildman–Crippen MR) is 129 cm³/mol. The number of nitrogens with zero attached hydrogens (tertiary/aromatic N) is 4. The Labute approximate surface area is 195 Å². The largest absolute Gasteiger partial charge is 0.272 e. The number of thioether (sulfide) groups is 1. The van der Waals surface area contributed by atoms with Crippen LogP contribution in [0, 0.1) is 6.92 Å². The molecule has 0 spiro atoms. The Morgan fingerprint density at radius 1 is 1.03 bits per heavy atom. The van der Waals surface area contributed by atoms with Gasteiger partial charge in [0.05, 0.1) is 12.0 Å². The van der Waals surface area contributed by atoms with Crippen LogP contribution in [0.1, 0.15) is 11.1 Å². The maximum absolute atomic E-state index is 12.3. The lowest BCUT2D eigenvalue weighted by Gasteiger charge is -2.10. The van der Waals surface area contributed by atoms with Gasteiger partial charge in [0.1, 0.15) is 0 Å². The van der Waals surface area contributed by atoms with Crippen LogP contribution >= 0.6 is 23.4 Å². The minimum Gasteiger partial charge on any atom is -0.272 e. The first-order valence-electron chi connectivity index (χ1n) is 9.88. The summed E-state index contributed by atoms with van der Waals surface area (Å²) in [7, 11) is 0. The van der Waals surface area contributed by atoms with Crippen molar-refractivity contribution in [2.24, 2.45) is 5.10 Å². The highest BCUT2D eigenvalue weighted by molar-refractivity contribution is 7.99. The van der Waals surface area contributed by atoms with Crippen LogP contribution in [0.2, 0.25) is 5.02 Å². The Bertz CT molecular complexity index is 1220. The molecular weight excluding hydrogens is 442 g/mol. The van der Waals surface area contributed by atoms with E-state index in [1.807, 2.05) is 90.4 Å². The van der Waals surface area contributed by atoms with Crippen LogP contribution in [0.15, 0.2) is 89.1 Å². The van der Waals surface area contributed by atoms with E-state index in [9.17, 15) is 4.79 Å². The number of aromatic nitrogens is 3. The summed E-state index contributed by atoms with van der Waals surface area (Å²) < 4.78 is 1.92. The monoisotopic (exact) mass is 461 g/mol. The number of rotatable bonds is 7. The summed E-state index contributed by atoms with van der Waals surface area (Å²) in [6.45, 7) is 2.02. The van der Waals surface area contributed by atoms with E-state index in [1.54, 1.807) is 6.21 Å². The molecule has 0 atom stereocenters. The first-order chi connectivity index (χ1) is 15.6. The normalized spacial score (nSPS) is 11.1. The zero-order chi connectivity index (χ0) is 22.3. The molecule has 1 N–H and O–H groups in total. The molecule has 4 rings (SSSR count). The second-order valence-corrected chi connectivity index (χ2v) is 8.36. The molecule has 6 nitrogen and oxygen atoms in total. The number of hydrogen-bond donors (Lipinski definition) is 1. The molecule has 3 aromatic carbocycles. The van der Waals surface area contributed by atoms with Crippen molar-refractivity contribution in [1.82, 2.24) is 20.2 Å². The van der Waals surface area contributed by atoms with E-state index < -0.39 is 0 Å². The van der Waals surface area contributed by atoms with Crippen LogP contribution < -0.4 is 5.43 Å². The Hall–Kier alpha value is -3.42. The number of carbonyl (C=O) groups is 1. The highest BCUT2D eigenvalue weighted by atomic mass is 35.5. The number of amides is 1. The van der Waals surface area contributed by atoms with Gasteiger partial charge in [-0.2, -0.15) is 5.10 Å². The molecule has 0 saturated heterocycles. The fraction of sp³-hybridized carbons (Fsp3) is 0.0833. The summed E-state index contributed by atoms with van der Waals surface area (Å²) in [5, 5.41) is 14.0. The maximum Gasteiger partial charge on any atom is 0.250 e. The summed E-state index contributed by atoms with van der Waals surface area (Å²) in [6.07, 6.45) is 1.62. The quantitative estimate of drug-likeness (QED) is 0.235. The van der Waals surface area contributed by atoms with E-state index in [0.29, 0.717) is 16.0 Å². The van der Waals surface area contributed by atoms with E-state index in [4.69, 9.17) is 11.6 Å². The van der Waals surface area contributed by atoms with Crippen molar-refractivity contribution in [3.05, 3.63) is 95.0 Å². The molecule has 0 fully saturated rings. The van der Waals surface area contributed by atoms with Gasteiger partial charge in [-0.3, -0.25) is 9.36 Å². The van der Waals surface area contributed by atoms with Gasteiger partial charge in [0.15, 0.2) is 11.0 Å². The van der Waals surface area contributed by atoms with Crippen LogP contribution in [0.5, 0.6) is 0 Å². The molecule has 160 valence electrons. The van der Waals surface area contributed by atoms with Gasteiger partial charge in [-0.25, -0.2) is 5.43 Å². The topological polar surface area (TPSA) is 72.2 Å². The zero-order valence-corrected chi connectivity index (χ0v) is 18.8. The Morgan fingerprint density at radius 2 is 1.75 bits per heavy atom. The van der Waals surface area contributed by atoms with Crippen LogP contribution in [0.3, 0.4) is 0 Å². The molecule has 0 unspecified atom stereocenters. The molecule has 0 aliphatic heterocycles. The smallest absolute Gasteiger partial charge is 0.250 e. The Kier molecular flexibility index (Phi) is 6.99. The van der Waals surface area contributed by atoms with Crippen molar-refractivity contribution >= 4 is 35.5 Å². The average Bonchev–Trinajstić information content (AvgIpc) is 3.24. The number of hydrogen-bond acceptors (Lipinski definition) is 5. The number of benzene rings is 3. The first-order valence-corrected chi connectivity index (χ1v) is 11.2. The molecule has 0 bridgehead atoms. The summed E-state index contributed by atoms with van der Waals surface area (Å²) >= 11 is 7.35. The van der Waals surface area contributed by atoms with Crippen LogP contribution in [-0.4, -0.2) is 32.6 Å². The molecule has 32 heavy (non-hydrogen) atoms. The highest BCUT2D eigenvalue weighted by Crippen LogP contribution is 2.28. The molecule has 1 heterocycles. The summed E-state index contributed by atoms with van der Waals surface area (Å²) in [6, 6.07) is 25.1. The molecule has 0 aliphatic rings. The van der Waals surface area contributed by atoms with Crippen molar-refractivity contribution in [2.45, 2.75) is 12.1 Å². The van der Waals surface area contributed by atoms with Crippen molar-refractivity contribution in [3.8, 4) is 17.1 Å². The van der Waals surface area contributed by atoms with Gasteiger partial charge in [0.25, 0.3) is 5.91 Å². The first kappa shape index (κ1) is 21.8. The van der Waals surface area contributed by atoms with E-state index in [2.05, 4.69) is 20.7 Å². The van der Waals surface area contributed by atoms with Gasteiger partial charge >= 0.3 is 0 Å². The van der Waals surface area contributed by atoms with Crippen molar-refractivity contribution in [3.63, 3.8) is 0 Å². The van der Waals surface area contributed by atoms with Gasteiger partial charge in [0, 0.05) is 16.3 Å². The number of nitrogens with one attached hydrogen (secondary N) is 1. The number of hydrazone groups is 1. The summed E-state index contributed by atoms with van der Waals surface area (Å²) in [5.74, 6) is 0.602. The minimum atomic E-state index is -0.231. The van der Waals surface area contributed by atoms with Gasteiger partial charge in [-0.1, -0.05) is 83.5 Å². The van der Waals surface area contributed by atoms with E-state index in [-0.39, 0.29) is 11.7 Å². The SMILES string of the molecule is Cc1ccc(/C=N/NC(=O)CSc2nnc(-c3ccccc3)n2-c2ccc(Cl)cc2)cc1. The van der Waals surface area contributed by atoms with E-state index >= 15 is 0 Å². The van der Waals surface area contributed by atoms with Crippen LogP contribution in [-0.2, 0) is 4.79 Å². The number of halogens is 1. The lowest BCUT2D eigenvalue weighted by Crippen LogP contribution is -2.20. The van der Waals surface area contributed by atoms with Crippen molar-refractivity contribution in [1.29, 1.82) is 0 Å². The molecule has 1 amide bonds. The molecule has 1 aromatic heterocycles. The molecule has 4 aromatic rings. The van der Waals surface area contributed by atoms with Gasteiger partial charge in [-0.05, 0) is 36.8 Å². The van der Waals surface area contributed by atoms with Crippen molar-refractivity contribution < 1.29 is 4.79 Å². The summed E-state index contributed by atoms with van der Waals surface area (Å²) in [4.78, 5) is 12.3. The van der Waals surface area contributed by atoms with Crippen molar-refractivity contribution in [2.75, 3.05) is 5.75 Å². The molecular formula is C24H20ClN5OS. The van der Waals surface area contributed by atoms with Gasteiger partial charge in [0.2, 0.25) is 0 Å². The molecule has 0 radical (unpaired) electrons. The highest BCUT2D eigenvalue weighted by Gasteiger charge is 2.17. The third-order valence-electron chi connectivity index (χ3n) is 4.56. The maximum atomic E-state index is 12.3. The fourth-order valence-corrected chi connectivity index (χ4v) is 3.82. The third-order valence-corrected chi connectivity index (χ3v) is 5.74. The summed E-state index contributed by atoms with van der Waals surface area (Å²) in [5.41, 5.74) is 6.42. The Morgan fingerprint density at radius 3 is 2.47 bits per heavy atom. The average molecular weight is 462 g/mol. The predicted octanol–water partition coefficient (Wildman–Crippen LogP) is 5.14. The number of carbonyl (C=O) groups excluding carboxylic acids is 1. The fourth-order valence-electron chi connectivity index (χ4n) is 2.95. The zero-order valence-electron chi connectivity index (χ0n) is 17.3. The third kappa shape index (κ3) is 5.43. The lowest BCUT2D eigenvalue weighted by atomic mass is 10.2. The molecule has 8 heteroatoms. The van der Waals surface area contributed by atoms with Crippen LogP contribution in [0.4, 0.5) is 0 Å². The second kappa shape index (κ2) is 10.3.